The van der Waals surface area contributed by atoms with Crippen molar-refractivity contribution >= 4 is 39.7 Å². The van der Waals surface area contributed by atoms with Gasteiger partial charge in [0, 0.05) is 10.4 Å². The molecule has 1 N–H and O–H groups in total. The van der Waals surface area contributed by atoms with Gasteiger partial charge in [-0.3, -0.25) is 19.3 Å². The van der Waals surface area contributed by atoms with Gasteiger partial charge in [0.05, 0.1) is 23.1 Å². The summed E-state index contributed by atoms with van der Waals surface area (Å²) in [5, 5.41) is 12.7. The molecule has 5 rings (SSSR count). The molecule has 2 aromatic rings. The van der Waals surface area contributed by atoms with E-state index in [1.807, 2.05) is 13.8 Å². The van der Waals surface area contributed by atoms with Crippen LogP contribution < -0.4 is 10.2 Å². The SMILES string of the molecule is Cc1sc(NC(=O)c2ccc(N3C(=O)[C@@H]4[C@@H](C3=O)[C@H]3C=C[C@H]4C3)cc2)c(C#N)c1C. The van der Waals surface area contributed by atoms with Gasteiger partial charge in [-0.05, 0) is 61.9 Å². The summed E-state index contributed by atoms with van der Waals surface area (Å²) in [4.78, 5) is 40.7. The van der Waals surface area contributed by atoms with Gasteiger partial charge < -0.3 is 5.32 Å². The van der Waals surface area contributed by atoms with E-state index in [0.717, 1.165) is 16.9 Å². The van der Waals surface area contributed by atoms with Crippen molar-refractivity contribution in [2.75, 3.05) is 10.2 Å². The third-order valence-corrected chi connectivity index (χ3v) is 7.70. The highest BCUT2D eigenvalue weighted by molar-refractivity contribution is 7.16. The average Bonchev–Trinajstić information content (AvgIpc) is 3.47. The Morgan fingerprint density at radius 3 is 2.27 bits per heavy atom. The summed E-state index contributed by atoms with van der Waals surface area (Å²) in [6.07, 6.45) is 5.03. The predicted octanol–water partition coefficient (Wildman–Crippen LogP) is 3.80. The molecule has 30 heavy (non-hydrogen) atoms. The fourth-order valence-electron chi connectivity index (χ4n) is 4.94. The van der Waals surface area contributed by atoms with Crippen molar-refractivity contribution in [3.05, 3.63) is 58.0 Å². The molecule has 0 radical (unpaired) electrons. The van der Waals surface area contributed by atoms with Crippen LogP contribution >= 0.6 is 11.3 Å². The van der Waals surface area contributed by atoms with Crippen LogP contribution in [0.1, 0.15) is 32.8 Å². The number of aryl methyl sites for hydroxylation is 1. The second kappa shape index (κ2) is 6.64. The van der Waals surface area contributed by atoms with E-state index < -0.39 is 0 Å². The van der Waals surface area contributed by atoms with Gasteiger partial charge in [-0.2, -0.15) is 5.26 Å². The first kappa shape index (κ1) is 18.8. The first-order valence-electron chi connectivity index (χ1n) is 9.88. The number of thiophene rings is 1. The largest absolute Gasteiger partial charge is 0.312 e. The van der Waals surface area contributed by atoms with Gasteiger partial charge in [-0.15, -0.1) is 11.3 Å². The first-order valence-corrected chi connectivity index (χ1v) is 10.7. The number of nitrogens with zero attached hydrogens (tertiary/aromatic N) is 2. The first-order chi connectivity index (χ1) is 14.4. The van der Waals surface area contributed by atoms with Crippen molar-refractivity contribution in [3.63, 3.8) is 0 Å². The van der Waals surface area contributed by atoms with E-state index in [1.54, 1.807) is 24.3 Å². The standard InChI is InChI=1S/C23H19N3O3S/c1-11-12(2)30-21(17(11)10-24)25-20(27)13-5-7-16(8-6-13)26-22(28)18-14-3-4-15(9-14)19(18)23(26)29/h3-8,14-15,18-19H,9H2,1-2H3,(H,25,27)/t14-,15-,18-,19-/m0/s1. The quantitative estimate of drug-likeness (QED) is 0.608. The molecule has 2 aliphatic carbocycles. The van der Waals surface area contributed by atoms with Crippen LogP contribution in [0.2, 0.25) is 0 Å². The van der Waals surface area contributed by atoms with Gasteiger partial charge in [0.2, 0.25) is 11.8 Å². The molecule has 150 valence electrons. The predicted molar refractivity (Wildman–Crippen MR) is 113 cm³/mol. The van der Waals surface area contributed by atoms with Crippen molar-refractivity contribution < 1.29 is 14.4 Å². The van der Waals surface area contributed by atoms with Crippen LogP contribution in [-0.2, 0) is 9.59 Å². The summed E-state index contributed by atoms with van der Waals surface area (Å²) in [7, 11) is 0. The highest BCUT2D eigenvalue weighted by Crippen LogP contribution is 2.53. The summed E-state index contributed by atoms with van der Waals surface area (Å²) >= 11 is 1.37. The van der Waals surface area contributed by atoms with Crippen LogP contribution in [0, 0.1) is 48.9 Å². The Bertz CT molecular complexity index is 1140. The number of anilines is 2. The van der Waals surface area contributed by atoms with E-state index in [1.165, 1.54) is 16.2 Å². The molecule has 1 saturated heterocycles. The Morgan fingerprint density at radius 1 is 1.10 bits per heavy atom. The Morgan fingerprint density at radius 2 is 1.70 bits per heavy atom. The molecule has 1 aromatic carbocycles. The normalized spacial score (nSPS) is 26.2. The molecule has 4 atom stereocenters. The zero-order chi connectivity index (χ0) is 21.2. The number of nitrogens with one attached hydrogen (secondary N) is 1. The number of carbonyl (C=O) groups is 3. The van der Waals surface area contributed by atoms with E-state index >= 15 is 0 Å². The molecule has 2 bridgehead atoms. The van der Waals surface area contributed by atoms with Crippen LogP contribution in [0.15, 0.2) is 36.4 Å². The topological polar surface area (TPSA) is 90.3 Å². The number of benzene rings is 1. The van der Waals surface area contributed by atoms with Crippen molar-refractivity contribution in [3.8, 4) is 6.07 Å². The van der Waals surface area contributed by atoms with E-state index in [0.29, 0.717) is 21.8 Å². The second-order valence-electron chi connectivity index (χ2n) is 8.11. The number of hydrogen-bond acceptors (Lipinski definition) is 5. The third-order valence-electron chi connectivity index (χ3n) is 6.58. The van der Waals surface area contributed by atoms with Crippen LogP contribution in [0.5, 0.6) is 0 Å². The van der Waals surface area contributed by atoms with Crippen molar-refractivity contribution in [2.45, 2.75) is 20.3 Å². The van der Waals surface area contributed by atoms with Crippen LogP contribution in [0.3, 0.4) is 0 Å². The second-order valence-corrected chi connectivity index (χ2v) is 9.34. The lowest BCUT2D eigenvalue weighted by Gasteiger charge is -2.17. The van der Waals surface area contributed by atoms with E-state index in [9.17, 15) is 19.6 Å². The number of amides is 3. The molecule has 0 unspecified atom stereocenters. The Balaban J connectivity index is 1.36. The fraction of sp³-hybridized carbons (Fsp3) is 0.304. The van der Waals surface area contributed by atoms with Gasteiger partial charge in [-0.1, -0.05) is 12.2 Å². The minimum atomic E-state index is -0.336. The molecule has 1 aliphatic heterocycles. The molecule has 1 aromatic heterocycles. The molecule has 0 spiro atoms. The highest BCUT2D eigenvalue weighted by atomic mass is 32.1. The molecule has 7 heteroatoms. The van der Waals surface area contributed by atoms with Gasteiger partial charge in [0.15, 0.2) is 0 Å². The van der Waals surface area contributed by atoms with Gasteiger partial charge >= 0.3 is 0 Å². The van der Waals surface area contributed by atoms with E-state index in [4.69, 9.17) is 0 Å². The highest BCUT2D eigenvalue weighted by Gasteiger charge is 2.59. The van der Waals surface area contributed by atoms with Crippen LogP contribution in [-0.4, -0.2) is 17.7 Å². The summed E-state index contributed by atoms with van der Waals surface area (Å²) in [6, 6.07) is 8.62. The lowest BCUT2D eigenvalue weighted by atomic mass is 9.85. The molecular weight excluding hydrogens is 398 g/mol. The van der Waals surface area contributed by atoms with Gasteiger partial charge in [0.25, 0.3) is 5.91 Å². The number of fused-ring (bicyclic) bond motifs is 5. The van der Waals surface area contributed by atoms with Crippen molar-refractivity contribution in [1.82, 2.24) is 0 Å². The van der Waals surface area contributed by atoms with E-state index in [-0.39, 0.29) is 41.4 Å². The Hall–Kier alpha value is -3.24. The molecule has 3 aliphatic rings. The van der Waals surface area contributed by atoms with Crippen LogP contribution in [0.4, 0.5) is 10.7 Å². The monoisotopic (exact) mass is 417 g/mol. The average molecular weight is 417 g/mol. The van der Waals surface area contributed by atoms with Gasteiger partial charge in [-0.25, -0.2) is 0 Å². The lowest BCUT2D eigenvalue weighted by Crippen LogP contribution is -2.32. The maximum atomic E-state index is 12.9. The Kier molecular flexibility index (Phi) is 4.16. The molecule has 2 heterocycles. The summed E-state index contributed by atoms with van der Waals surface area (Å²) in [5.41, 5.74) is 2.24. The minimum absolute atomic E-state index is 0.137. The number of hydrogen-bond donors (Lipinski definition) is 1. The zero-order valence-corrected chi connectivity index (χ0v) is 17.3. The summed E-state index contributed by atoms with van der Waals surface area (Å²) < 4.78 is 0. The number of rotatable bonds is 3. The molecule has 2 fully saturated rings. The van der Waals surface area contributed by atoms with Gasteiger partial charge in [0.1, 0.15) is 11.1 Å². The summed E-state index contributed by atoms with van der Waals surface area (Å²) in [6.45, 7) is 3.77. The smallest absolute Gasteiger partial charge is 0.256 e. The maximum Gasteiger partial charge on any atom is 0.256 e. The van der Waals surface area contributed by atoms with E-state index in [2.05, 4.69) is 23.5 Å². The zero-order valence-electron chi connectivity index (χ0n) is 16.5. The minimum Gasteiger partial charge on any atom is -0.312 e. The molecule has 3 amide bonds. The number of allylic oxidation sites excluding steroid dienone is 2. The fourth-order valence-corrected chi connectivity index (χ4v) is 5.95. The maximum absolute atomic E-state index is 12.9. The number of carbonyl (C=O) groups excluding carboxylic acids is 3. The molecular formula is C23H19N3O3S. The molecule has 1 saturated carbocycles. The number of imide groups is 1. The lowest BCUT2D eigenvalue weighted by molar-refractivity contribution is -0.123. The number of nitriles is 1. The summed E-state index contributed by atoms with van der Waals surface area (Å²) in [5.74, 6) is -0.769. The Labute approximate surface area is 177 Å². The molecule has 6 nitrogen and oxygen atoms in total. The van der Waals surface area contributed by atoms with Crippen molar-refractivity contribution in [1.29, 1.82) is 5.26 Å². The third kappa shape index (κ3) is 2.57. The van der Waals surface area contributed by atoms with Crippen LogP contribution in [0.25, 0.3) is 0 Å². The van der Waals surface area contributed by atoms with Crippen molar-refractivity contribution in [2.24, 2.45) is 23.7 Å².